The predicted molar refractivity (Wildman–Crippen MR) is 50.4 cm³/mol. The van der Waals surface area contributed by atoms with E-state index in [1.165, 1.54) is 32.5 Å². The molecule has 0 N–H and O–H groups in total. The molecule has 0 saturated carbocycles. The number of rotatable bonds is 1. The molecule has 0 radical (unpaired) electrons. The van der Waals surface area contributed by atoms with Crippen molar-refractivity contribution in [3.8, 4) is 0 Å². The molecule has 3 heteroatoms. The predicted octanol–water partition coefficient (Wildman–Crippen LogP) is 1.15. The standard InChI is InChI=1S/C10H15N3/c1-4-11-13(5-1)10-8-12-6-2-9(10)3-7-12/h1,4-5,9-10H,2-3,6-8H2. The van der Waals surface area contributed by atoms with E-state index in [9.17, 15) is 0 Å². The summed E-state index contributed by atoms with van der Waals surface area (Å²) in [5.74, 6) is 0.880. The van der Waals surface area contributed by atoms with Crippen molar-refractivity contribution in [2.24, 2.45) is 5.92 Å². The van der Waals surface area contributed by atoms with E-state index >= 15 is 0 Å². The molecule has 3 aliphatic heterocycles. The maximum Gasteiger partial charge on any atom is 0.0675 e. The average Bonchev–Trinajstić information content (AvgIpc) is 2.72. The van der Waals surface area contributed by atoms with Crippen molar-refractivity contribution < 1.29 is 0 Å². The van der Waals surface area contributed by atoms with Crippen LogP contribution in [-0.4, -0.2) is 34.3 Å². The van der Waals surface area contributed by atoms with E-state index in [0.717, 1.165) is 5.92 Å². The Bertz CT molecular complexity index is 272. The molecule has 3 saturated heterocycles. The van der Waals surface area contributed by atoms with Crippen LogP contribution in [0.2, 0.25) is 0 Å². The van der Waals surface area contributed by atoms with Crippen LogP contribution in [0.1, 0.15) is 18.9 Å². The zero-order valence-electron chi connectivity index (χ0n) is 7.76. The second kappa shape index (κ2) is 2.84. The molecule has 13 heavy (non-hydrogen) atoms. The van der Waals surface area contributed by atoms with Gasteiger partial charge in [0.25, 0.3) is 0 Å². The van der Waals surface area contributed by atoms with Gasteiger partial charge in [0.05, 0.1) is 6.04 Å². The fourth-order valence-corrected chi connectivity index (χ4v) is 2.71. The van der Waals surface area contributed by atoms with Crippen LogP contribution in [0.5, 0.6) is 0 Å². The topological polar surface area (TPSA) is 21.1 Å². The summed E-state index contributed by atoms with van der Waals surface area (Å²) in [4.78, 5) is 2.56. The van der Waals surface area contributed by atoms with Gasteiger partial charge in [-0.3, -0.25) is 4.68 Å². The van der Waals surface area contributed by atoms with E-state index in [4.69, 9.17) is 0 Å². The molecule has 70 valence electrons. The normalized spacial score (nSPS) is 38.0. The minimum atomic E-state index is 0.650. The number of aromatic nitrogens is 2. The molecule has 1 aromatic heterocycles. The maximum absolute atomic E-state index is 4.35. The minimum Gasteiger partial charge on any atom is -0.301 e. The van der Waals surface area contributed by atoms with E-state index in [1.807, 2.05) is 12.3 Å². The number of hydrogen-bond acceptors (Lipinski definition) is 2. The van der Waals surface area contributed by atoms with Gasteiger partial charge in [-0.1, -0.05) is 0 Å². The Morgan fingerprint density at radius 3 is 2.62 bits per heavy atom. The second-order valence-corrected chi connectivity index (χ2v) is 4.19. The Morgan fingerprint density at radius 2 is 2.08 bits per heavy atom. The molecule has 1 atom stereocenters. The first-order chi connectivity index (χ1) is 6.43. The molecule has 0 spiro atoms. The lowest BCUT2D eigenvalue weighted by atomic mass is 9.84. The van der Waals surface area contributed by atoms with Crippen molar-refractivity contribution in [1.29, 1.82) is 0 Å². The third kappa shape index (κ3) is 1.18. The Hall–Kier alpha value is -0.830. The third-order valence-electron chi connectivity index (χ3n) is 3.49. The lowest BCUT2D eigenvalue weighted by Crippen LogP contribution is -2.48. The molecule has 0 amide bonds. The summed E-state index contributed by atoms with van der Waals surface area (Å²) in [7, 11) is 0. The molecule has 3 fully saturated rings. The monoisotopic (exact) mass is 177 g/mol. The molecule has 3 nitrogen and oxygen atoms in total. The van der Waals surface area contributed by atoms with Crippen LogP contribution in [0.15, 0.2) is 18.5 Å². The SMILES string of the molecule is c1cnn(C2CN3CCC2CC3)c1. The highest BCUT2D eigenvalue weighted by Gasteiger charge is 2.35. The lowest BCUT2D eigenvalue weighted by molar-refractivity contribution is 0.0512. The van der Waals surface area contributed by atoms with E-state index in [2.05, 4.69) is 20.9 Å². The highest BCUT2D eigenvalue weighted by Crippen LogP contribution is 2.34. The van der Waals surface area contributed by atoms with Crippen molar-refractivity contribution in [3.63, 3.8) is 0 Å². The highest BCUT2D eigenvalue weighted by molar-refractivity contribution is 4.92. The molecule has 0 aliphatic carbocycles. The number of nitrogens with zero attached hydrogens (tertiary/aromatic N) is 3. The summed E-state index contributed by atoms with van der Waals surface area (Å²) in [6.45, 7) is 3.83. The summed E-state index contributed by atoms with van der Waals surface area (Å²) in [5.41, 5.74) is 0. The summed E-state index contributed by atoms with van der Waals surface area (Å²) < 4.78 is 2.15. The summed E-state index contributed by atoms with van der Waals surface area (Å²) in [6, 6.07) is 2.68. The molecule has 4 heterocycles. The van der Waals surface area contributed by atoms with Gasteiger partial charge in [0.2, 0.25) is 0 Å². The van der Waals surface area contributed by atoms with E-state index < -0.39 is 0 Å². The molecule has 4 rings (SSSR count). The largest absolute Gasteiger partial charge is 0.301 e. The minimum absolute atomic E-state index is 0.650. The quantitative estimate of drug-likeness (QED) is 0.641. The van der Waals surface area contributed by atoms with Crippen LogP contribution < -0.4 is 0 Å². The van der Waals surface area contributed by atoms with Crippen LogP contribution in [0.3, 0.4) is 0 Å². The van der Waals surface area contributed by atoms with Gasteiger partial charge in [-0.2, -0.15) is 5.10 Å². The molecule has 0 aromatic carbocycles. The first kappa shape index (κ1) is 7.56. The third-order valence-corrected chi connectivity index (χ3v) is 3.49. The molecule has 1 aromatic rings. The summed E-state index contributed by atoms with van der Waals surface area (Å²) >= 11 is 0. The summed E-state index contributed by atoms with van der Waals surface area (Å²) in [5, 5.41) is 4.35. The zero-order chi connectivity index (χ0) is 8.67. The van der Waals surface area contributed by atoms with E-state index in [0.29, 0.717) is 6.04 Å². The van der Waals surface area contributed by atoms with Crippen molar-refractivity contribution in [1.82, 2.24) is 14.7 Å². The van der Waals surface area contributed by atoms with Gasteiger partial charge in [-0.15, -0.1) is 0 Å². The van der Waals surface area contributed by atoms with Gasteiger partial charge >= 0.3 is 0 Å². The second-order valence-electron chi connectivity index (χ2n) is 4.19. The maximum atomic E-state index is 4.35. The summed E-state index contributed by atoms with van der Waals surface area (Å²) in [6.07, 6.45) is 6.72. The van der Waals surface area contributed by atoms with Crippen LogP contribution >= 0.6 is 0 Å². The fourth-order valence-electron chi connectivity index (χ4n) is 2.71. The Labute approximate surface area is 78.3 Å². The molecular formula is C10H15N3. The van der Waals surface area contributed by atoms with Gasteiger partial charge in [-0.05, 0) is 37.9 Å². The van der Waals surface area contributed by atoms with Crippen molar-refractivity contribution in [3.05, 3.63) is 18.5 Å². The first-order valence-electron chi connectivity index (χ1n) is 5.15. The van der Waals surface area contributed by atoms with Crippen LogP contribution in [0.4, 0.5) is 0 Å². The zero-order valence-corrected chi connectivity index (χ0v) is 7.76. The highest BCUT2D eigenvalue weighted by atomic mass is 15.3. The first-order valence-corrected chi connectivity index (χ1v) is 5.15. The number of hydrogen-bond donors (Lipinski definition) is 0. The van der Waals surface area contributed by atoms with Crippen LogP contribution in [-0.2, 0) is 0 Å². The van der Waals surface area contributed by atoms with Gasteiger partial charge in [0.15, 0.2) is 0 Å². The Morgan fingerprint density at radius 1 is 1.23 bits per heavy atom. The van der Waals surface area contributed by atoms with Crippen molar-refractivity contribution in [2.75, 3.05) is 19.6 Å². The molecule has 1 unspecified atom stereocenters. The lowest BCUT2D eigenvalue weighted by Gasteiger charge is -2.44. The molecule has 2 bridgehead atoms. The van der Waals surface area contributed by atoms with Gasteiger partial charge in [-0.25, -0.2) is 0 Å². The number of piperidine rings is 3. The van der Waals surface area contributed by atoms with E-state index in [1.54, 1.807) is 0 Å². The van der Waals surface area contributed by atoms with Crippen LogP contribution in [0.25, 0.3) is 0 Å². The smallest absolute Gasteiger partial charge is 0.0675 e. The van der Waals surface area contributed by atoms with Crippen molar-refractivity contribution in [2.45, 2.75) is 18.9 Å². The Balaban J connectivity index is 1.85. The van der Waals surface area contributed by atoms with Crippen LogP contribution in [0, 0.1) is 5.92 Å². The fraction of sp³-hybridized carbons (Fsp3) is 0.700. The molecule has 3 aliphatic rings. The Kier molecular flexibility index (Phi) is 1.65. The number of fused-ring (bicyclic) bond motifs is 3. The van der Waals surface area contributed by atoms with Gasteiger partial charge < -0.3 is 4.90 Å². The van der Waals surface area contributed by atoms with Crippen molar-refractivity contribution >= 4 is 0 Å². The van der Waals surface area contributed by atoms with E-state index in [-0.39, 0.29) is 0 Å². The molecular weight excluding hydrogens is 162 g/mol. The van der Waals surface area contributed by atoms with Gasteiger partial charge in [0, 0.05) is 18.9 Å². The average molecular weight is 177 g/mol. The van der Waals surface area contributed by atoms with Gasteiger partial charge in [0.1, 0.15) is 0 Å².